The Kier molecular flexibility index (Phi) is 7.89. The van der Waals surface area contributed by atoms with E-state index >= 15 is 0 Å². The molecule has 0 bridgehead atoms. The number of hydrogen-bond donors (Lipinski definition) is 0. The quantitative estimate of drug-likeness (QED) is 0.557. The molecule has 0 spiro atoms. The van der Waals surface area contributed by atoms with Gasteiger partial charge < -0.3 is 9.64 Å². The monoisotopic (exact) mass is 437 g/mol. The summed E-state index contributed by atoms with van der Waals surface area (Å²) in [5.74, 6) is 0.630. The van der Waals surface area contributed by atoms with E-state index in [9.17, 15) is 9.59 Å². The van der Waals surface area contributed by atoms with Gasteiger partial charge in [-0.3, -0.25) is 9.69 Å². The number of rotatable bonds is 6. The molecule has 1 aromatic heterocycles. The minimum absolute atomic E-state index is 0.0105. The van der Waals surface area contributed by atoms with E-state index in [1.807, 2.05) is 68.1 Å². The number of anilines is 1. The minimum atomic E-state index is -0.568. The fraction of sp³-hybridized carbons (Fsp3) is 0.500. The first kappa shape index (κ1) is 23.8. The summed E-state index contributed by atoms with van der Waals surface area (Å²) in [6, 6.07) is 13.3. The van der Waals surface area contributed by atoms with Crippen LogP contribution in [0.1, 0.15) is 81.8 Å². The molecule has 0 N–H and O–H groups in total. The Morgan fingerprint density at radius 3 is 2.50 bits per heavy atom. The summed E-state index contributed by atoms with van der Waals surface area (Å²) in [6.07, 6.45) is 6.24. The zero-order valence-corrected chi connectivity index (χ0v) is 19.7. The second-order valence-electron chi connectivity index (χ2n) is 9.31. The lowest BCUT2D eigenvalue weighted by Crippen LogP contribution is -2.39. The standard InChI is InChI=1S/C26H35N3O3/c1-5-6-17-29(25(31)32-26(2,3)4)23-16-15-21(19-27-23)22-14-10-11-18-28(22)24(30)20-12-8-7-9-13-20/h7-9,12-13,15-16,19,22H,5-6,10-11,14,17-18H2,1-4H3/t22-/m0/s1. The van der Waals surface area contributed by atoms with Crippen molar-refractivity contribution in [3.8, 4) is 0 Å². The lowest BCUT2D eigenvalue weighted by molar-refractivity contribution is 0.0577. The number of likely N-dealkylation sites (tertiary alicyclic amines) is 1. The van der Waals surface area contributed by atoms with Gasteiger partial charge in [0.25, 0.3) is 5.91 Å². The highest BCUT2D eigenvalue weighted by Crippen LogP contribution is 2.32. The fourth-order valence-electron chi connectivity index (χ4n) is 3.95. The molecule has 1 fully saturated rings. The average molecular weight is 438 g/mol. The van der Waals surface area contributed by atoms with Crippen LogP contribution in [0.5, 0.6) is 0 Å². The topological polar surface area (TPSA) is 62.7 Å². The van der Waals surface area contributed by atoms with Gasteiger partial charge in [-0.15, -0.1) is 0 Å². The number of hydrogen-bond acceptors (Lipinski definition) is 4. The molecule has 0 aliphatic carbocycles. The number of benzene rings is 1. The highest BCUT2D eigenvalue weighted by molar-refractivity contribution is 5.94. The van der Waals surface area contributed by atoms with Gasteiger partial charge in [0.2, 0.25) is 0 Å². The Labute approximate surface area is 191 Å². The van der Waals surface area contributed by atoms with Crippen LogP contribution in [0.25, 0.3) is 0 Å². The van der Waals surface area contributed by atoms with Crippen LogP contribution in [-0.4, -0.2) is 40.6 Å². The van der Waals surface area contributed by atoms with Gasteiger partial charge in [-0.05, 0) is 70.2 Å². The molecule has 2 aromatic rings. The Morgan fingerprint density at radius 2 is 1.88 bits per heavy atom. The molecule has 2 amide bonds. The summed E-state index contributed by atoms with van der Waals surface area (Å²) in [7, 11) is 0. The van der Waals surface area contributed by atoms with Crippen LogP contribution in [0, 0.1) is 0 Å². The summed E-state index contributed by atoms with van der Waals surface area (Å²) in [4.78, 5) is 34.1. The van der Waals surface area contributed by atoms with E-state index in [4.69, 9.17) is 4.74 Å². The number of nitrogens with zero attached hydrogens (tertiary/aromatic N) is 3. The molecule has 3 rings (SSSR count). The number of ether oxygens (including phenoxy) is 1. The van der Waals surface area contributed by atoms with Crippen LogP contribution < -0.4 is 4.90 Å². The van der Waals surface area contributed by atoms with E-state index in [0.29, 0.717) is 17.9 Å². The predicted molar refractivity (Wildman–Crippen MR) is 127 cm³/mol. The van der Waals surface area contributed by atoms with Crippen molar-refractivity contribution in [1.29, 1.82) is 0 Å². The van der Waals surface area contributed by atoms with Gasteiger partial charge in [-0.2, -0.15) is 0 Å². The number of unbranched alkanes of at least 4 members (excludes halogenated alkanes) is 1. The maximum atomic E-state index is 13.1. The third kappa shape index (κ3) is 6.09. The second-order valence-corrected chi connectivity index (χ2v) is 9.31. The maximum absolute atomic E-state index is 13.1. The SMILES string of the molecule is CCCCN(C(=O)OC(C)(C)C)c1ccc([C@@H]2CCCCN2C(=O)c2ccccc2)cn1. The third-order valence-corrected chi connectivity index (χ3v) is 5.57. The van der Waals surface area contributed by atoms with Crippen molar-refractivity contribution >= 4 is 17.8 Å². The molecule has 6 nitrogen and oxygen atoms in total. The normalized spacial score (nSPS) is 16.5. The number of aromatic nitrogens is 1. The first-order valence-electron chi connectivity index (χ1n) is 11.6. The Hall–Kier alpha value is -2.89. The van der Waals surface area contributed by atoms with E-state index in [2.05, 4.69) is 11.9 Å². The van der Waals surface area contributed by atoms with Gasteiger partial charge in [0.05, 0.1) is 6.04 Å². The van der Waals surface area contributed by atoms with Gasteiger partial charge in [-0.1, -0.05) is 37.6 Å². The van der Waals surface area contributed by atoms with Crippen LogP contribution in [-0.2, 0) is 4.74 Å². The van der Waals surface area contributed by atoms with Gasteiger partial charge >= 0.3 is 6.09 Å². The Morgan fingerprint density at radius 1 is 1.12 bits per heavy atom. The van der Waals surface area contributed by atoms with Crippen molar-refractivity contribution in [1.82, 2.24) is 9.88 Å². The van der Waals surface area contributed by atoms with Crippen molar-refractivity contribution < 1.29 is 14.3 Å². The van der Waals surface area contributed by atoms with Crippen LogP contribution >= 0.6 is 0 Å². The van der Waals surface area contributed by atoms with Crippen molar-refractivity contribution in [3.63, 3.8) is 0 Å². The molecule has 1 atom stereocenters. The second kappa shape index (κ2) is 10.6. The zero-order chi connectivity index (χ0) is 23.1. The number of carbonyl (C=O) groups excluding carboxylic acids is 2. The first-order chi connectivity index (χ1) is 15.3. The summed E-state index contributed by atoms with van der Waals surface area (Å²) >= 11 is 0. The molecule has 32 heavy (non-hydrogen) atoms. The summed E-state index contributed by atoms with van der Waals surface area (Å²) in [6.45, 7) is 8.97. The fourth-order valence-corrected chi connectivity index (χ4v) is 3.95. The Bertz CT molecular complexity index is 891. The lowest BCUT2D eigenvalue weighted by atomic mass is 9.95. The first-order valence-corrected chi connectivity index (χ1v) is 11.6. The summed E-state index contributed by atoms with van der Waals surface area (Å²) in [5.41, 5.74) is 1.14. The molecule has 0 saturated carbocycles. The van der Waals surface area contributed by atoms with E-state index in [1.165, 1.54) is 0 Å². The van der Waals surface area contributed by atoms with Crippen LogP contribution in [0.2, 0.25) is 0 Å². The van der Waals surface area contributed by atoms with Crippen LogP contribution in [0.15, 0.2) is 48.7 Å². The molecule has 172 valence electrons. The molecular formula is C26H35N3O3. The molecule has 0 unspecified atom stereocenters. The number of piperidine rings is 1. The van der Waals surface area contributed by atoms with Crippen molar-refractivity contribution in [3.05, 3.63) is 59.8 Å². The van der Waals surface area contributed by atoms with Gasteiger partial charge in [0.1, 0.15) is 11.4 Å². The molecule has 2 heterocycles. The maximum Gasteiger partial charge on any atom is 0.416 e. The van der Waals surface area contributed by atoms with Gasteiger partial charge in [-0.25, -0.2) is 9.78 Å². The van der Waals surface area contributed by atoms with Gasteiger partial charge in [0.15, 0.2) is 0 Å². The molecule has 1 aliphatic heterocycles. The van der Waals surface area contributed by atoms with Crippen molar-refractivity contribution in [2.75, 3.05) is 18.0 Å². The molecule has 1 aromatic carbocycles. The van der Waals surface area contributed by atoms with Crippen molar-refractivity contribution in [2.45, 2.75) is 71.4 Å². The van der Waals surface area contributed by atoms with E-state index in [0.717, 1.165) is 44.2 Å². The highest BCUT2D eigenvalue weighted by Gasteiger charge is 2.29. The molecule has 1 saturated heterocycles. The van der Waals surface area contributed by atoms with E-state index < -0.39 is 5.60 Å². The smallest absolute Gasteiger partial charge is 0.416 e. The largest absolute Gasteiger partial charge is 0.443 e. The average Bonchev–Trinajstić information content (AvgIpc) is 2.79. The van der Waals surface area contributed by atoms with Crippen LogP contribution in [0.4, 0.5) is 10.6 Å². The molecule has 1 aliphatic rings. The lowest BCUT2D eigenvalue weighted by Gasteiger charge is -2.36. The molecule has 6 heteroatoms. The Balaban J connectivity index is 1.81. The molecular weight excluding hydrogens is 402 g/mol. The molecule has 0 radical (unpaired) electrons. The third-order valence-electron chi connectivity index (χ3n) is 5.57. The summed E-state index contributed by atoms with van der Waals surface area (Å²) in [5, 5.41) is 0. The minimum Gasteiger partial charge on any atom is -0.443 e. The van der Waals surface area contributed by atoms with E-state index in [-0.39, 0.29) is 18.0 Å². The number of amides is 2. The van der Waals surface area contributed by atoms with Gasteiger partial charge in [0, 0.05) is 24.8 Å². The predicted octanol–water partition coefficient (Wildman–Crippen LogP) is 5.99. The number of pyridine rings is 1. The van der Waals surface area contributed by atoms with Crippen molar-refractivity contribution in [2.24, 2.45) is 0 Å². The number of carbonyl (C=O) groups is 2. The zero-order valence-electron chi connectivity index (χ0n) is 19.7. The highest BCUT2D eigenvalue weighted by atomic mass is 16.6. The van der Waals surface area contributed by atoms with Crippen LogP contribution in [0.3, 0.4) is 0 Å². The summed E-state index contributed by atoms with van der Waals surface area (Å²) < 4.78 is 5.59. The van der Waals surface area contributed by atoms with E-state index in [1.54, 1.807) is 11.1 Å².